The molecular formula is C21H25NO3S2. The van der Waals surface area contributed by atoms with Crippen LogP contribution in [0.2, 0.25) is 0 Å². The molecule has 1 aliphatic rings. The van der Waals surface area contributed by atoms with E-state index in [9.17, 15) is 9.59 Å². The number of amides is 1. The molecule has 1 atom stereocenters. The fourth-order valence-corrected chi connectivity index (χ4v) is 5.61. The third-order valence-corrected chi connectivity index (χ3v) is 6.76. The zero-order valence-corrected chi connectivity index (χ0v) is 17.8. The zero-order chi connectivity index (χ0) is 19.6. The molecule has 6 heteroatoms. The molecule has 0 aliphatic heterocycles. The molecule has 1 aromatic carbocycles. The third kappa shape index (κ3) is 4.55. The van der Waals surface area contributed by atoms with Crippen LogP contribution in [0.15, 0.2) is 29.2 Å². The van der Waals surface area contributed by atoms with E-state index in [1.54, 1.807) is 17.8 Å². The number of rotatable bonds is 5. The average molecular weight is 404 g/mol. The van der Waals surface area contributed by atoms with E-state index in [1.165, 1.54) is 23.3 Å². The molecule has 0 unspecified atom stereocenters. The number of thioether (sulfide) groups is 1. The Morgan fingerprint density at radius 2 is 2.11 bits per heavy atom. The Morgan fingerprint density at radius 3 is 2.81 bits per heavy atom. The van der Waals surface area contributed by atoms with Crippen molar-refractivity contribution in [1.29, 1.82) is 0 Å². The number of benzene rings is 1. The van der Waals surface area contributed by atoms with E-state index in [0.29, 0.717) is 27.3 Å². The summed E-state index contributed by atoms with van der Waals surface area (Å²) >= 11 is 3.23. The lowest BCUT2D eigenvalue weighted by molar-refractivity contribution is 0.0601. The molecule has 0 saturated heterocycles. The molecule has 1 heterocycles. The van der Waals surface area contributed by atoms with Gasteiger partial charge in [-0.3, -0.25) is 4.79 Å². The van der Waals surface area contributed by atoms with Crippen molar-refractivity contribution >= 4 is 40.0 Å². The Labute approximate surface area is 168 Å². The second-order valence-electron chi connectivity index (χ2n) is 7.20. The van der Waals surface area contributed by atoms with Crippen LogP contribution in [0.3, 0.4) is 0 Å². The molecule has 2 aromatic rings. The van der Waals surface area contributed by atoms with Gasteiger partial charge in [-0.1, -0.05) is 26.8 Å². The van der Waals surface area contributed by atoms with Gasteiger partial charge in [0.2, 0.25) is 0 Å². The number of methoxy groups -OCH3 is 1. The Bertz CT molecular complexity index is 857. The van der Waals surface area contributed by atoms with E-state index in [2.05, 4.69) is 26.1 Å². The van der Waals surface area contributed by atoms with Gasteiger partial charge in [-0.25, -0.2) is 4.79 Å². The SMILES string of the molecule is COC(=O)c1c(NC(=O)c2cccc(SC(C)C)c2)sc2c1CC[C@H](C)C2. The number of anilines is 1. The number of thiophene rings is 1. The Hall–Kier alpha value is -1.79. The predicted molar refractivity (Wildman–Crippen MR) is 112 cm³/mol. The molecule has 1 amide bonds. The van der Waals surface area contributed by atoms with Crippen LogP contribution in [0, 0.1) is 5.92 Å². The number of carbonyl (C=O) groups excluding carboxylic acids is 2. The van der Waals surface area contributed by atoms with Crippen molar-refractivity contribution in [3.63, 3.8) is 0 Å². The Morgan fingerprint density at radius 1 is 1.33 bits per heavy atom. The second kappa shape index (κ2) is 8.48. The van der Waals surface area contributed by atoms with Gasteiger partial charge in [0.15, 0.2) is 0 Å². The number of nitrogens with one attached hydrogen (secondary N) is 1. The molecule has 0 spiro atoms. The molecule has 0 bridgehead atoms. The summed E-state index contributed by atoms with van der Waals surface area (Å²) in [5.74, 6) is 0.0226. The zero-order valence-electron chi connectivity index (χ0n) is 16.1. The molecule has 0 saturated carbocycles. The highest BCUT2D eigenvalue weighted by Crippen LogP contribution is 2.40. The minimum absolute atomic E-state index is 0.196. The first-order valence-corrected chi connectivity index (χ1v) is 10.9. The molecule has 4 nitrogen and oxygen atoms in total. The number of hydrogen-bond donors (Lipinski definition) is 1. The van der Waals surface area contributed by atoms with Gasteiger partial charge in [0.25, 0.3) is 5.91 Å². The molecule has 1 aromatic heterocycles. The Balaban J connectivity index is 1.89. The topological polar surface area (TPSA) is 55.4 Å². The highest BCUT2D eigenvalue weighted by atomic mass is 32.2. The minimum Gasteiger partial charge on any atom is -0.465 e. The van der Waals surface area contributed by atoms with Gasteiger partial charge in [-0.15, -0.1) is 23.1 Å². The maximum atomic E-state index is 12.8. The highest BCUT2D eigenvalue weighted by molar-refractivity contribution is 7.99. The fraction of sp³-hybridized carbons (Fsp3) is 0.429. The van der Waals surface area contributed by atoms with Crippen LogP contribution in [-0.2, 0) is 17.6 Å². The van der Waals surface area contributed by atoms with E-state index in [4.69, 9.17) is 4.74 Å². The van der Waals surface area contributed by atoms with Crippen LogP contribution in [0.5, 0.6) is 0 Å². The van der Waals surface area contributed by atoms with E-state index in [1.807, 2.05) is 18.2 Å². The molecule has 0 fully saturated rings. The first kappa shape index (κ1) is 20.0. The van der Waals surface area contributed by atoms with Crippen LogP contribution in [0.25, 0.3) is 0 Å². The maximum absolute atomic E-state index is 12.8. The molecule has 0 radical (unpaired) electrons. The van der Waals surface area contributed by atoms with Gasteiger partial charge < -0.3 is 10.1 Å². The standard InChI is InChI=1S/C21H25NO3S2/c1-12(2)26-15-7-5-6-14(11-15)19(23)22-20-18(21(24)25-4)16-9-8-13(3)10-17(16)27-20/h5-7,11-13H,8-10H2,1-4H3,(H,22,23)/t13-/m0/s1. The van der Waals surface area contributed by atoms with Crippen LogP contribution in [-0.4, -0.2) is 24.2 Å². The summed E-state index contributed by atoms with van der Waals surface area (Å²) in [7, 11) is 1.38. The van der Waals surface area contributed by atoms with Crippen LogP contribution >= 0.6 is 23.1 Å². The predicted octanol–water partition coefficient (Wildman–Crippen LogP) is 5.41. The molecular weight excluding hydrogens is 378 g/mol. The minimum atomic E-state index is -0.374. The van der Waals surface area contributed by atoms with Crippen molar-refractivity contribution in [1.82, 2.24) is 0 Å². The van der Waals surface area contributed by atoms with Gasteiger partial charge >= 0.3 is 5.97 Å². The van der Waals surface area contributed by atoms with Crippen molar-refractivity contribution in [2.45, 2.75) is 50.2 Å². The normalized spacial score (nSPS) is 16.1. The first-order chi connectivity index (χ1) is 12.9. The number of fused-ring (bicyclic) bond motifs is 1. The number of hydrogen-bond acceptors (Lipinski definition) is 5. The number of esters is 1. The van der Waals surface area contributed by atoms with Crippen molar-refractivity contribution < 1.29 is 14.3 Å². The lowest BCUT2D eigenvalue weighted by atomic mass is 9.88. The first-order valence-electron chi connectivity index (χ1n) is 9.20. The van der Waals surface area contributed by atoms with Gasteiger partial charge in [-0.2, -0.15) is 0 Å². The quantitative estimate of drug-likeness (QED) is 0.535. The lowest BCUT2D eigenvalue weighted by Crippen LogP contribution is -2.16. The summed E-state index contributed by atoms with van der Waals surface area (Å²) < 4.78 is 4.99. The van der Waals surface area contributed by atoms with E-state index in [0.717, 1.165) is 29.7 Å². The maximum Gasteiger partial charge on any atom is 0.341 e. The van der Waals surface area contributed by atoms with Crippen molar-refractivity contribution in [2.24, 2.45) is 5.92 Å². The van der Waals surface area contributed by atoms with E-state index in [-0.39, 0.29) is 11.9 Å². The molecule has 1 N–H and O–H groups in total. The molecule has 144 valence electrons. The summed E-state index contributed by atoms with van der Waals surface area (Å²) in [6.07, 6.45) is 2.85. The van der Waals surface area contributed by atoms with Gasteiger partial charge in [0.1, 0.15) is 5.00 Å². The van der Waals surface area contributed by atoms with Crippen LogP contribution < -0.4 is 5.32 Å². The lowest BCUT2D eigenvalue weighted by Gasteiger charge is -2.18. The summed E-state index contributed by atoms with van der Waals surface area (Å²) in [6, 6.07) is 7.59. The fourth-order valence-electron chi connectivity index (χ4n) is 3.31. The monoisotopic (exact) mass is 403 g/mol. The second-order valence-corrected chi connectivity index (χ2v) is 9.95. The van der Waals surface area contributed by atoms with Gasteiger partial charge in [0.05, 0.1) is 12.7 Å². The number of ether oxygens (including phenoxy) is 1. The van der Waals surface area contributed by atoms with Crippen molar-refractivity contribution in [2.75, 3.05) is 12.4 Å². The average Bonchev–Trinajstić information content (AvgIpc) is 2.97. The van der Waals surface area contributed by atoms with Crippen LogP contribution in [0.1, 0.15) is 58.3 Å². The van der Waals surface area contributed by atoms with Crippen molar-refractivity contribution in [3.8, 4) is 0 Å². The van der Waals surface area contributed by atoms with E-state index < -0.39 is 0 Å². The summed E-state index contributed by atoms with van der Waals surface area (Å²) in [4.78, 5) is 27.4. The smallest absolute Gasteiger partial charge is 0.341 e. The summed E-state index contributed by atoms with van der Waals surface area (Å²) in [6.45, 7) is 6.46. The molecule has 27 heavy (non-hydrogen) atoms. The van der Waals surface area contributed by atoms with E-state index >= 15 is 0 Å². The third-order valence-electron chi connectivity index (χ3n) is 4.60. The molecule has 1 aliphatic carbocycles. The number of carbonyl (C=O) groups is 2. The largest absolute Gasteiger partial charge is 0.465 e. The highest BCUT2D eigenvalue weighted by Gasteiger charge is 2.29. The summed E-state index contributed by atoms with van der Waals surface area (Å²) in [5, 5.41) is 4.01. The Kier molecular flexibility index (Phi) is 6.27. The van der Waals surface area contributed by atoms with Crippen LogP contribution in [0.4, 0.5) is 5.00 Å². The van der Waals surface area contributed by atoms with Crippen molar-refractivity contribution in [3.05, 3.63) is 45.8 Å². The summed E-state index contributed by atoms with van der Waals surface area (Å²) in [5.41, 5.74) is 2.17. The molecule has 3 rings (SSSR count). The van der Waals surface area contributed by atoms with Gasteiger partial charge in [-0.05, 0) is 48.9 Å². The van der Waals surface area contributed by atoms with Gasteiger partial charge in [0, 0.05) is 20.6 Å².